The third-order valence-electron chi connectivity index (χ3n) is 4.68. The third-order valence-corrected chi connectivity index (χ3v) is 4.68. The average molecular weight is 423 g/mol. The molecule has 0 atom stereocenters. The van der Waals surface area contributed by atoms with Crippen LogP contribution in [0.5, 0.6) is 0 Å². The van der Waals surface area contributed by atoms with Crippen molar-refractivity contribution >= 4 is 40.2 Å². The van der Waals surface area contributed by atoms with Crippen molar-refractivity contribution in [1.29, 1.82) is 0 Å². The van der Waals surface area contributed by atoms with Crippen LogP contribution in [0.25, 0.3) is 11.1 Å². The van der Waals surface area contributed by atoms with Gasteiger partial charge in [0.1, 0.15) is 11.4 Å². The van der Waals surface area contributed by atoms with E-state index >= 15 is 0 Å². The Morgan fingerprint density at radius 2 is 1.77 bits per heavy atom. The zero-order valence-electron chi connectivity index (χ0n) is 16.8. The maximum absolute atomic E-state index is 13.9. The minimum atomic E-state index is -1.20. The Kier molecular flexibility index (Phi) is 4.90. The van der Waals surface area contributed by atoms with Crippen molar-refractivity contribution in [3.63, 3.8) is 0 Å². The molecule has 0 fully saturated rings. The molecule has 2 heterocycles. The van der Waals surface area contributed by atoms with Gasteiger partial charge in [0, 0.05) is 11.4 Å². The molecular weight excluding hydrogens is 405 g/mol. The molecule has 31 heavy (non-hydrogen) atoms. The number of aryl methyl sites for hydroxylation is 3. The van der Waals surface area contributed by atoms with Crippen LogP contribution in [0.2, 0.25) is 0 Å². The molecule has 0 bridgehead atoms. The summed E-state index contributed by atoms with van der Waals surface area (Å²) in [7, 11) is 0. The molecule has 0 amide bonds. The summed E-state index contributed by atoms with van der Waals surface area (Å²) in [4.78, 5) is 34.2. The molecule has 4 aromatic rings. The van der Waals surface area contributed by atoms with Gasteiger partial charge in [-0.1, -0.05) is 0 Å². The highest BCUT2D eigenvalue weighted by atomic mass is 19.1. The molecule has 0 saturated heterocycles. The van der Waals surface area contributed by atoms with Crippen LogP contribution in [0.15, 0.2) is 39.5 Å². The first kappa shape index (κ1) is 20.1. The molecule has 2 aromatic carbocycles. The molecule has 4 N–H and O–H groups in total. The number of carboxylic acid groups (broad SMARTS) is 1. The Balaban J connectivity index is 1.74. The maximum atomic E-state index is 13.9. The monoisotopic (exact) mass is 423 g/mol. The van der Waals surface area contributed by atoms with Crippen LogP contribution >= 0.6 is 0 Å². The standard InChI is InChI=1S/C21H18FN5O4/c1-9-6-13(7-10(2)17(9)22)25-20-23-11(3)16(19(28)29)18(27-20)24-12-4-5-15-14(8-12)26-21(30)31-15/h4-8H,1-3H3,(H,26,30)(H,28,29)(H2,23,24,25,27). The Morgan fingerprint density at radius 1 is 1.06 bits per heavy atom. The topological polar surface area (TPSA) is 133 Å². The molecule has 0 aliphatic carbocycles. The summed E-state index contributed by atoms with van der Waals surface area (Å²) in [6.45, 7) is 4.85. The summed E-state index contributed by atoms with van der Waals surface area (Å²) in [5.74, 6) is -1.87. The SMILES string of the molecule is Cc1cc(Nc2nc(C)c(C(=O)O)c(Nc3ccc4oc(=O)[nH]c4c3)n2)cc(C)c1F. The molecule has 10 heteroatoms. The largest absolute Gasteiger partial charge is 0.477 e. The van der Waals surface area contributed by atoms with Crippen molar-refractivity contribution in [2.24, 2.45) is 0 Å². The van der Waals surface area contributed by atoms with Crippen molar-refractivity contribution in [2.45, 2.75) is 20.8 Å². The average Bonchev–Trinajstić information content (AvgIpc) is 3.04. The molecule has 0 aliphatic heterocycles. The van der Waals surface area contributed by atoms with Crippen molar-refractivity contribution in [3.8, 4) is 0 Å². The van der Waals surface area contributed by atoms with Crippen LogP contribution in [0.1, 0.15) is 27.2 Å². The summed E-state index contributed by atoms with van der Waals surface area (Å²) < 4.78 is 18.9. The lowest BCUT2D eigenvalue weighted by atomic mass is 10.1. The Hall–Kier alpha value is -4.21. The first-order chi connectivity index (χ1) is 14.7. The predicted molar refractivity (Wildman–Crippen MR) is 113 cm³/mol. The number of fused-ring (bicyclic) bond motifs is 1. The number of H-pyrrole nitrogens is 1. The number of halogens is 1. The quantitative estimate of drug-likeness (QED) is 0.376. The third kappa shape index (κ3) is 3.95. The van der Waals surface area contributed by atoms with Gasteiger partial charge < -0.3 is 20.2 Å². The summed E-state index contributed by atoms with van der Waals surface area (Å²) in [6, 6.07) is 8.03. The Bertz CT molecular complexity index is 1370. The number of oxazole rings is 1. The zero-order chi connectivity index (χ0) is 22.3. The zero-order valence-corrected chi connectivity index (χ0v) is 16.8. The highest BCUT2D eigenvalue weighted by Gasteiger charge is 2.19. The van der Waals surface area contributed by atoms with Crippen LogP contribution in [0, 0.1) is 26.6 Å². The number of aromatic nitrogens is 3. The van der Waals surface area contributed by atoms with Gasteiger partial charge >= 0.3 is 11.7 Å². The van der Waals surface area contributed by atoms with E-state index in [1.54, 1.807) is 51.1 Å². The summed E-state index contributed by atoms with van der Waals surface area (Å²) in [6.07, 6.45) is 0. The van der Waals surface area contributed by atoms with Crippen LogP contribution in [0.4, 0.5) is 27.5 Å². The van der Waals surface area contributed by atoms with Gasteiger partial charge in [-0.15, -0.1) is 0 Å². The van der Waals surface area contributed by atoms with E-state index in [0.717, 1.165) is 0 Å². The molecule has 158 valence electrons. The minimum Gasteiger partial charge on any atom is -0.477 e. The lowest BCUT2D eigenvalue weighted by molar-refractivity contribution is 0.0696. The molecule has 2 aromatic heterocycles. The predicted octanol–water partition coefficient (Wildman–Crippen LogP) is 4.16. The number of nitrogens with one attached hydrogen (secondary N) is 3. The fraction of sp³-hybridized carbons (Fsp3) is 0.143. The van der Waals surface area contributed by atoms with E-state index in [1.807, 2.05) is 0 Å². The molecule has 4 rings (SSSR count). The van der Waals surface area contributed by atoms with E-state index in [1.165, 1.54) is 0 Å². The molecule has 0 saturated carbocycles. The van der Waals surface area contributed by atoms with Crippen LogP contribution in [0.3, 0.4) is 0 Å². The molecule has 0 aliphatic rings. The fourth-order valence-electron chi connectivity index (χ4n) is 3.29. The normalized spacial score (nSPS) is 11.0. The van der Waals surface area contributed by atoms with E-state index in [2.05, 4.69) is 25.6 Å². The fourth-order valence-corrected chi connectivity index (χ4v) is 3.29. The van der Waals surface area contributed by atoms with Crippen molar-refractivity contribution in [1.82, 2.24) is 15.0 Å². The number of carbonyl (C=O) groups is 1. The van der Waals surface area contributed by atoms with Crippen molar-refractivity contribution in [2.75, 3.05) is 10.6 Å². The van der Waals surface area contributed by atoms with E-state index in [-0.39, 0.29) is 28.8 Å². The number of benzene rings is 2. The molecule has 0 spiro atoms. The number of hydrogen-bond acceptors (Lipinski definition) is 7. The second-order valence-corrected chi connectivity index (χ2v) is 7.06. The van der Waals surface area contributed by atoms with Gasteiger partial charge in [0.2, 0.25) is 5.95 Å². The van der Waals surface area contributed by atoms with Gasteiger partial charge in [-0.05, 0) is 62.2 Å². The first-order valence-electron chi connectivity index (χ1n) is 9.27. The minimum absolute atomic E-state index is 0.0586. The van der Waals surface area contributed by atoms with Gasteiger partial charge in [0.15, 0.2) is 11.4 Å². The Labute approximate surface area is 175 Å². The summed E-state index contributed by atoms with van der Waals surface area (Å²) in [5.41, 5.74) is 2.94. The number of nitrogens with zero attached hydrogens (tertiary/aromatic N) is 2. The molecule has 0 radical (unpaired) electrons. The highest BCUT2D eigenvalue weighted by molar-refractivity contribution is 5.95. The molecule has 9 nitrogen and oxygen atoms in total. The van der Waals surface area contributed by atoms with Crippen molar-refractivity contribution < 1.29 is 18.7 Å². The van der Waals surface area contributed by atoms with E-state index in [4.69, 9.17) is 4.42 Å². The lowest BCUT2D eigenvalue weighted by Crippen LogP contribution is -2.11. The van der Waals surface area contributed by atoms with Gasteiger partial charge in [-0.3, -0.25) is 4.98 Å². The molecule has 0 unspecified atom stereocenters. The van der Waals surface area contributed by atoms with E-state index in [9.17, 15) is 19.1 Å². The van der Waals surface area contributed by atoms with Gasteiger partial charge in [-0.25, -0.2) is 19.0 Å². The number of aromatic carboxylic acids is 1. The maximum Gasteiger partial charge on any atom is 0.417 e. The summed E-state index contributed by atoms with van der Waals surface area (Å²) >= 11 is 0. The second-order valence-electron chi connectivity index (χ2n) is 7.06. The number of hydrogen-bond donors (Lipinski definition) is 4. The van der Waals surface area contributed by atoms with Gasteiger partial charge in [0.05, 0.1) is 11.2 Å². The van der Waals surface area contributed by atoms with Crippen LogP contribution < -0.4 is 16.4 Å². The van der Waals surface area contributed by atoms with Gasteiger partial charge in [0.25, 0.3) is 0 Å². The smallest absolute Gasteiger partial charge is 0.417 e. The number of carboxylic acids is 1. The van der Waals surface area contributed by atoms with Gasteiger partial charge in [-0.2, -0.15) is 4.98 Å². The van der Waals surface area contributed by atoms with Crippen molar-refractivity contribution in [3.05, 3.63) is 69.1 Å². The first-order valence-corrected chi connectivity index (χ1v) is 9.27. The summed E-state index contributed by atoms with van der Waals surface area (Å²) in [5, 5.41) is 15.6. The number of rotatable bonds is 5. The number of anilines is 4. The second kappa shape index (κ2) is 7.56. The Morgan fingerprint density at radius 3 is 2.45 bits per heavy atom. The van der Waals surface area contributed by atoms with Crippen LogP contribution in [-0.2, 0) is 0 Å². The van der Waals surface area contributed by atoms with E-state index in [0.29, 0.717) is 33.6 Å². The van der Waals surface area contributed by atoms with Crippen LogP contribution in [-0.4, -0.2) is 26.0 Å². The molecular formula is C21H18FN5O4. The van der Waals surface area contributed by atoms with E-state index < -0.39 is 11.7 Å². The lowest BCUT2D eigenvalue weighted by Gasteiger charge is -2.14. The highest BCUT2D eigenvalue weighted by Crippen LogP contribution is 2.27. The number of aromatic amines is 1.